The SMILES string of the molecule is CCNC(=NCC(C)(O)CN1CCOCC1)NCCCOCC1CCCO1. The van der Waals surface area contributed by atoms with Gasteiger partial charge < -0.3 is 30.0 Å². The van der Waals surface area contributed by atoms with E-state index in [1.807, 2.05) is 13.8 Å². The van der Waals surface area contributed by atoms with Crippen molar-refractivity contribution in [2.45, 2.75) is 44.8 Å². The number of aliphatic hydroxyl groups is 1. The molecule has 2 unspecified atom stereocenters. The van der Waals surface area contributed by atoms with Crippen molar-refractivity contribution in [3.63, 3.8) is 0 Å². The van der Waals surface area contributed by atoms with Crippen LogP contribution in [0.5, 0.6) is 0 Å². The van der Waals surface area contributed by atoms with E-state index in [-0.39, 0.29) is 6.10 Å². The summed E-state index contributed by atoms with van der Waals surface area (Å²) in [6.07, 6.45) is 3.44. The van der Waals surface area contributed by atoms with Gasteiger partial charge in [-0.3, -0.25) is 9.89 Å². The van der Waals surface area contributed by atoms with Gasteiger partial charge in [0.2, 0.25) is 0 Å². The van der Waals surface area contributed by atoms with Crippen molar-refractivity contribution in [3.05, 3.63) is 0 Å². The van der Waals surface area contributed by atoms with E-state index in [1.54, 1.807) is 0 Å². The molecule has 2 aliphatic rings. The Morgan fingerprint density at radius 2 is 2.11 bits per heavy atom. The Bertz CT molecular complexity index is 422. The molecule has 2 atom stereocenters. The van der Waals surface area contributed by atoms with E-state index in [4.69, 9.17) is 14.2 Å². The topological polar surface area (TPSA) is 87.6 Å². The second kappa shape index (κ2) is 12.5. The Labute approximate surface area is 163 Å². The van der Waals surface area contributed by atoms with E-state index >= 15 is 0 Å². The van der Waals surface area contributed by atoms with E-state index in [0.717, 1.165) is 71.2 Å². The number of aliphatic imine (C=N–C) groups is 1. The van der Waals surface area contributed by atoms with Gasteiger partial charge in [-0.1, -0.05) is 0 Å². The van der Waals surface area contributed by atoms with Crippen LogP contribution in [0.15, 0.2) is 4.99 Å². The molecule has 0 aromatic carbocycles. The summed E-state index contributed by atoms with van der Waals surface area (Å²) in [5.41, 5.74) is -0.857. The fourth-order valence-corrected chi connectivity index (χ4v) is 3.25. The Balaban J connectivity index is 1.62. The molecular formula is C19H38N4O4. The lowest BCUT2D eigenvalue weighted by molar-refractivity contribution is -0.0180. The molecule has 2 saturated heterocycles. The third-order valence-corrected chi connectivity index (χ3v) is 4.68. The number of hydrogen-bond acceptors (Lipinski definition) is 6. The van der Waals surface area contributed by atoms with Crippen LogP contribution >= 0.6 is 0 Å². The summed E-state index contributed by atoms with van der Waals surface area (Å²) in [4.78, 5) is 6.78. The molecule has 0 radical (unpaired) electrons. The number of guanidine groups is 1. The lowest BCUT2D eigenvalue weighted by Crippen LogP contribution is -2.48. The van der Waals surface area contributed by atoms with Crippen molar-refractivity contribution < 1.29 is 19.3 Å². The number of hydrogen-bond donors (Lipinski definition) is 3. The van der Waals surface area contributed by atoms with E-state index in [1.165, 1.54) is 0 Å². The number of ether oxygens (including phenoxy) is 3. The van der Waals surface area contributed by atoms with Gasteiger partial charge in [-0.15, -0.1) is 0 Å². The first-order valence-electron chi connectivity index (χ1n) is 10.3. The quantitative estimate of drug-likeness (QED) is 0.266. The van der Waals surface area contributed by atoms with Gasteiger partial charge in [0.1, 0.15) is 0 Å². The fraction of sp³-hybridized carbons (Fsp3) is 0.947. The molecule has 0 aliphatic carbocycles. The van der Waals surface area contributed by atoms with Gasteiger partial charge in [0, 0.05) is 45.9 Å². The van der Waals surface area contributed by atoms with E-state index in [9.17, 15) is 5.11 Å². The highest BCUT2D eigenvalue weighted by Crippen LogP contribution is 2.12. The molecule has 0 bridgehead atoms. The van der Waals surface area contributed by atoms with Crippen molar-refractivity contribution in [1.82, 2.24) is 15.5 Å². The molecule has 0 aromatic rings. The van der Waals surface area contributed by atoms with E-state index in [2.05, 4.69) is 20.5 Å². The molecule has 8 heteroatoms. The predicted octanol–water partition coefficient (Wildman–Crippen LogP) is 0.210. The zero-order chi connectivity index (χ0) is 19.4. The molecule has 158 valence electrons. The Morgan fingerprint density at radius 1 is 1.30 bits per heavy atom. The number of nitrogens with zero attached hydrogens (tertiary/aromatic N) is 2. The second-order valence-electron chi connectivity index (χ2n) is 7.57. The number of rotatable bonds is 11. The first-order chi connectivity index (χ1) is 13.1. The fourth-order valence-electron chi connectivity index (χ4n) is 3.25. The summed E-state index contributed by atoms with van der Waals surface area (Å²) >= 11 is 0. The molecule has 2 rings (SSSR count). The second-order valence-corrected chi connectivity index (χ2v) is 7.57. The first-order valence-corrected chi connectivity index (χ1v) is 10.3. The van der Waals surface area contributed by atoms with Crippen molar-refractivity contribution in [2.75, 3.05) is 72.3 Å². The summed E-state index contributed by atoms with van der Waals surface area (Å²) in [5, 5.41) is 17.2. The van der Waals surface area contributed by atoms with Gasteiger partial charge in [0.25, 0.3) is 0 Å². The average molecular weight is 387 g/mol. The third-order valence-electron chi connectivity index (χ3n) is 4.68. The van der Waals surface area contributed by atoms with Gasteiger partial charge in [-0.05, 0) is 33.1 Å². The number of nitrogens with one attached hydrogen (secondary N) is 2. The summed E-state index contributed by atoms with van der Waals surface area (Å²) in [6, 6.07) is 0. The van der Waals surface area contributed by atoms with Crippen LogP contribution in [0.4, 0.5) is 0 Å². The van der Waals surface area contributed by atoms with Crippen LogP contribution in [-0.2, 0) is 14.2 Å². The largest absolute Gasteiger partial charge is 0.387 e. The molecule has 0 spiro atoms. The van der Waals surface area contributed by atoms with Gasteiger partial charge in [0.05, 0.1) is 38.1 Å². The van der Waals surface area contributed by atoms with Gasteiger partial charge >= 0.3 is 0 Å². The minimum atomic E-state index is -0.857. The lowest BCUT2D eigenvalue weighted by atomic mass is 10.1. The number of β-amino-alcohol motifs (C(OH)–C–C–N with tert-alkyl or cyclic N) is 1. The maximum Gasteiger partial charge on any atom is 0.191 e. The van der Waals surface area contributed by atoms with Crippen LogP contribution in [0.1, 0.15) is 33.1 Å². The Morgan fingerprint density at radius 3 is 2.81 bits per heavy atom. The van der Waals surface area contributed by atoms with Crippen LogP contribution in [0.25, 0.3) is 0 Å². The highest BCUT2D eigenvalue weighted by molar-refractivity contribution is 5.79. The van der Waals surface area contributed by atoms with Crippen molar-refractivity contribution >= 4 is 5.96 Å². The summed E-state index contributed by atoms with van der Waals surface area (Å²) in [5.74, 6) is 0.735. The molecule has 2 heterocycles. The predicted molar refractivity (Wildman–Crippen MR) is 106 cm³/mol. The molecule has 8 nitrogen and oxygen atoms in total. The van der Waals surface area contributed by atoms with Gasteiger partial charge in [-0.25, -0.2) is 0 Å². The normalized spacial score (nSPS) is 24.0. The maximum absolute atomic E-state index is 10.7. The van der Waals surface area contributed by atoms with Crippen LogP contribution in [-0.4, -0.2) is 100.0 Å². The van der Waals surface area contributed by atoms with Crippen LogP contribution in [0.2, 0.25) is 0 Å². The summed E-state index contributed by atoms with van der Waals surface area (Å²) in [6.45, 7) is 11.9. The van der Waals surface area contributed by atoms with Crippen LogP contribution in [0.3, 0.4) is 0 Å². The molecule has 2 fully saturated rings. The lowest BCUT2D eigenvalue weighted by Gasteiger charge is -2.33. The maximum atomic E-state index is 10.7. The molecular weight excluding hydrogens is 348 g/mol. The van der Waals surface area contributed by atoms with Crippen molar-refractivity contribution in [3.8, 4) is 0 Å². The van der Waals surface area contributed by atoms with Gasteiger partial charge in [0.15, 0.2) is 5.96 Å². The van der Waals surface area contributed by atoms with Crippen molar-refractivity contribution in [1.29, 1.82) is 0 Å². The highest BCUT2D eigenvalue weighted by atomic mass is 16.5. The minimum absolute atomic E-state index is 0.283. The van der Waals surface area contributed by atoms with Crippen LogP contribution < -0.4 is 10.6 Å². The summed E-state index contributed by atoms with van der Waals surface area (Å²) in [7, 11) is 0. The standard InChI is InChI=1S/C19H38N4O4/c1-3-20-18(21-7-5-10-26-14-17-6-4-11-27-17)22-15-19(2,24)16-23-8-12-25-13-9-23/h17,24H,3-16H2,1-2H3,(H2,20,21,22). The molecule has 0 aromatic heterocycles. The van der Waals surface area contributed by atoms with E-state index < -0.39 is 5.60 Å². The Kier molecular flexibility index (Phi) is 10.4. The van der Waals surface area contributed by atoms with E-state index in [0.29, 0.717) is 26.3 Å². The van der Waals surface area contributed by atoms with Crippen LogP contribution in [0, 0.1) is 0 Å². The monoisotopic (exact) mass is 386 g/mol. The van der Waals surface area contributed by atoms with Crippen molar-refractivity contribution in [2.24, 2.45) is 4.99 Å². The average Bonchev–Trinajstić information content (AvgIpc) is 3.16. The smallest absolute Gasteiger partial charge is 0.191 e. The van der Waals surface area contributed by atoms with Gasteiger partial charge in [-0.2, -0.15) is 0 Å². The summed E-state index contributed by atoms with van der Waals surface area (Å²) < 4.78 is 16.6. The zero-order valence-electron chi connectivity index (χ0n) is 17.0. The number of morpholine rings is 1. The zero-order valence-corrected chi connectivity index (χ0v) is 17.0. The highest BCUT2D eigenvalue weighted by Gasteiger charge is 2.25. The third kappa shape index (κ3) is 9.71. The molecule has 27 heavy (non-hydrogen) atoms. The molecule has 3 N–H and O–H groups in total. The first kappa shape index (κ1) is 22.4. The molecule has 2 aliphatic heterocycles. The minimum Gasteiger partial charge on any atom is -0.387 e. The molecule has 0 amide bonds. The molecule has 0 saturated carbocycles. The Hall–Kier alpha value is -0.930.